The molecule has 1 saturated carbocycles. The normalized spacial score (nSPS) is 26.8. The number of hydrogen-bond acceptors (Lipinski definition) is 1. The molecule has 1 rings (SSSR count). The summed E-state index contributed by atoms with van der Waals surface area (Å²) in [4.78, 5) is 0. The van der Waals surface area contributed by atoms with Crippen LogP contribution in [0, 0.1) is 5.41 Å². The molecule has 46 valence electrons. The van der Waals surface area contributed by atoms with Crippen molar-refractivity contribution in [1.29, 1.82) is 0 Å². The maximum atomic E-state index is 5.69. The fourth-order valence-corrected chi connectivity index (χ4v) is 0.815. The van der Waals surface area contributed by atoms with Crippen LogP contribution >= 0.6 is 0 Å². The Morgan fingerprint density at radius 2 is 2.25 bits per heavy atom. The van der Waals surface area contributed by atoms with Crippen molar-refractivity contribution >= 4 is 0 Å². The fourth-order valence-electron chi connectivity index (χ4n) is 0.815. The summed E-state index contributed by atoms with van der Waals surface area (Å²) in [6.07, 6.45) is 4.40. The lowest BCUT2D eigenvalue weighted by Gasteiger charge is -2.12. The smallest absolute Gasteiger partial charge is 0.0275 e. The Morgan fingerprint density at radius 3 is 2.38 bits per heavy atom. The summed E-state index contributed by atoms with van der Waals surface area (Å²) in [6.45, 7) is 5.85. The molecule has 1 fully saturated rings. The SMILES string of the molecule is C=CC(N)C1(C)CC1. The zero-order valence-electron chi connectivity index (χ0n) is 5.35. The third kappa shape index (κ3) is 0.781. The van der Waals surface area contributed by atoms with Crippen molar-refractivity contribution in [3.63, 3.8) is 0 Å². The van der Waals surface area contributed by atoms with Crippen LogP contribution in [0.4, 0.5) is 0 Å². The molecule has 8 heavy (non-hydrogen) atoms. The van der Waals surface area contributed by atoms with Gasteiger partial charge in [-0.3, -0.25) is 0 Å². The van der Waals surface area contributed by atoms with Crippen LogP contribution in [0.3, 0.4) is 0 Å². The topological polar surface area (TPSA) is 26.0 Å². The Bertz CT molecular complexity index is 103. The van der Waals surface area contributed by atoms with E-state index in [4.69, 9.17) is 5.73 Å². The molecule has 0 amide bonds. The first kappa shape index (κ1) is 5.83. The van der Waals surface area contributed by atoms with Crippen LogP contribution in [0.25, 0.3) is 0 Å². The molecule has 0 aromatic carbocycles. The van der Waals surface area contributed by atoms with Gasteiger partial charge in [-0.2, -0.15) is 0 Å². The lowest BCUT2D eigenvalue weighted by atomic mass is 10.0. The molecule has 1 nitrogen and oxygen atoms in total. The Balaban J connectivity index is 2.45. The molecule has 2 N–H and O–H groups in total. The molecule has 0 spiro atoms. The van der Waals surface area contributed by atoms with E-state index in [0.29, 0.717) is 5.41 Å². The van der Waals surface area contributed by atoms with E-state index in [-0.39, 0.29) is 6.04 Å². The van der Waals surface area contributed by atoms with Crippen LogP contribution in [0.5, 0.6) is 0 Å². The number of hydrogen-bond donors (Lipinski definition) is 1. The van der Waals surface area contributed by atoms with Gasteiger partial charge in [-0.15, -0.1) is 6.58 Å². The largest absolute Gasteiger partial charge is 0.324 e. The average Bonchev–Trinajstić information content (AvgIpc) is 2.47. The van der Waals surface area contributed by atoms with Crippen LogP contribution in [0.2, 0.25) is 0 Å². The second-order valence-corrected chi connectivity index (χ2v) is 2.92. The molecule has 0 heterocycles. The zero-order valence-corrected chi connectivity index (χ0v) is 5.35. The molecule has 0 bridgehead atoms. The van der Waals surface area contributed by atoms with Gasteiger partial charge in [0.25, 0.3) is 0 Å². The van der Waals surface area contributed by atoms with Crippen molar-refractivity contribution in [1.82, 2.24) is 0 Å². The summed E-state index contributed by atoms with van der Waals surface area (Å²) in [5.74, 6) is 0. The van der Waals surface area contributed by atoms with E-state index in [1.807, 2.05) is 6.08 Å². The molecule has 1 aliphatic carbocycles. The Kier molecular flexibility index (Phi) is 1.16. The highest BCUT2D eigenvalue weighted by molar-refractivity contribution is 5.04. The van der Waals surface area contributed by atoms with Crippen molar-refractivity contribution in [3.05, 3.63) is 12.7 Å². The van der Waals surface area contributed by atoms with Gasteiger partial charge in [0.05, 0.1) is 0 Å². The molecule has 1 unspecified atom stereocenters. The van der Waals surface area contributed by atoms with Gasteiger partial charge in [-0.1, -0.05) is 13.0 Å². The number of nitrogens with two attached hydrogens (primary N) is 1. The van der Waals surface area contributed by atoms with Gasteiger partial charge in [-0.05, 0) is 18.3 Å². The zero-order chi connectivity index (χ0) is 6.20. The molecule has 0 aromatic heterocycles. The molecule has 1 atom stereocenters. The molecule has 1 heteroatoms. The van der Waals surface area contributed by atoms with Gasteiger partial charge in [-0.25, -0.2) is 0 Å². The van der Waals surface area contributed by atoms with Crippen molar-refractivity contribution in [3.8, 4) is 0 Å². The number of rotatable bonds is 2. The maximum absolute atomic E-state index is 5.69. The van der Waals surface area contributed by atoms with E-state index >= 15 is 0 Å². The van der Waals surface area contributed by atoms with Crippen LogP contribution in [-0.4, -0.2) is 6.04 Å². The minimum atomic E-state index is 0.225. The van der Waals surface area contributed by atoms with Crippen molar-refractivity contribution in [2.24, 2.45) is 11.1 Å². The van der Waals surface area contributed by atoms with Crippen molar-refractivity contribution in [2.75, 3.05) is 0 Å². The van der Waals surface area contributed by atoms with Crippen LogP contribution in [0.15, 0.2) is 12.7 Å². The first-order valence-corrected chi connectivity index (χ1v) is 3.07. The minimum Gasteiger partial charge on any atom is -0.324 e. The lowest BCUT2D eigenvalue weighted by Crippen LogP contribution is -2.26. The third-order valence-electron chi connectivity index (χ3n) is 2.10. The first-order valence-electron chi connectivity index (χ1n) is 3.07. The maximum Gasteiger partial charge on any atom is 0.0275 e. The van der Waals surface area contributed by atoms with E-state index < -0.39 is 0 Å². The predicted octanol–water partition coefficient (Wildman–Crippen LogP) is 1.30. The van der Waals surface area contributed by atoms with E-state index in [2.05, 4.69) is 13.5 Å². The van der Waals surface area contributed by atoms with E-state index in [0.717, 1.165) is 0 Å². The quantitative estimate of drug-likeness (QED) is 0.534. The van der Waals surface area contributed by atoms with Crippen molar-refractivity contribution in [2.45, 2.75) is 25.8 Å². The molecule has 1 aliphatic rings. The van der Waals surface area contributed by atoms with Gasteiger partial charge < -0.3 is 5.73 Å². The standard InChI is InChI=1S/C7H13N/c1-3-6(8)7(2)4-5-7/h3,6H,1,4-5,8H2,2H3. The molecule has 0 aromatic rings. The van der Waals surface area contributed by atoms with Crippen molar-refractivity contribution < 1.29 is 0 Å². The first-order chi connectivity index (χ1) is 3.69. The summed E-state index contributed by atoms with van der Waals surface area (Å²) in [6, 6.07) is 0.225. The molecule has 0 saturated heterocycles. The molecular weight excluding hydrogens is 98.1 g/mol. The second-order valence-electron chi connectivity index (χ2n) is 2.92. The highest BCUT2D eigenvalue weighted by Crippen LogP contribution is 2.47. The predicted molar refractivity (Wildman–Crippen MR) is 35.5 cm³/mol. The van der Waals surface area contributed by atoms with E-state index in [1.165, 1.54) is 12.8 Å². The molecule has 0 aliphatic heterocycles. The second kappa shape index (κ2) is 1.59. The van der Waals surface area contributed by atoms with Crippen LogP contribution in [0.1, 0.15) is 19.8 Å². The summed E-state index contributed by atoms with van der Waals surface area (Å²) in [5, 5.41) is 0. The van der Waals surface area contributed by atoms with Crippen LogP contribution in [-0.2, 0) is 0 Å². The monoisotopic (exact) mass is 111 g/mol. The van der Waals surface area contributed by atoms with Gasteiger partial charge in [0.15, 0.2) is 0 Å². The highest BCUT2D eigenvalue weighted by atomic mass is 14.7. The Morgan fingerprint density at radius 1 is 1.75 bits per heavy atom. The van der Waals surface area contributed by atoms with Crippen LogP contribution < -0.4 is 5.73 Å². The summed E-state index contributed by atoms with van der Waals surface area (Å²) in [5.41, 5.74) is 6.11. The van der Waals surface area contributed by atoms with E-state index in [1.54, 1.807) is 0 Å². The van der Waals surface area contributed by atoms with Gasteiger partial charge in [0.2, 0.25) is 0 Å². The van der Waals surface area contributed by atoms with Gasteiger partial charge in [0.1, 0.15) is 0 Å². The summed E-state index contributed by atoms with van der Waals surface area (Å²) >= 11 is 0. The molecular formula is C7H13N. The summed E-state index contributed by atoms with van der Waals surface area (Å²) < 4.78 is 0. The third-order valence-corrected chi connectivity index (χ3v) is 2.10. The minimum absolute atomic E-state index is 0.225. The lowest BCUT2D eigenvalue weighted by molar-refractivity contribution is 0.504. The Hall–Kier alpha value is -0.300. The molecule has 0 radical (unpaired) electrons. The fraction of sp³-hybridized carbons (Fsp3) is 0.714. The Labute approximate surface area is 50.6 Å². The van der Waals surface area contributed by atoms with Gasteiger partial charge >= 0.3 is 0 Å². The average molecular weight is 111 g/mol. The van der Waals surface area contributed by atoms with E-state index in [9.17, 15) is 0 Å². The highest BCUT2D eigenvalue weighted by Gasteiger charge is 2.41. The van der Waals surface area contributed by atoms with Gasteiger partial charge in [0, 0.05) is 6.04 Å². The summed E-state index contributed by atoms with van der Waals surface area (Å²) in [7, 11) is 0.